The van der Waals surface area contributed by atoms with Gasteiger partial charge in [-0.3, -0.25) is 9.69 Å². The lowest BCUT2D eigenvalue weighted by molar-refractivity contribution is -0.242. The lowest BCUT2D eigenvalue weighted by Crippen LogP contribution is -2.72. The zero-order chi connectivity index (χ0) is 17.4. The summed E-state index contributed by atoms with van der Waals surface area (Å²) < 4.78 is 32.4. The monoisotopic (exact) mass is 348 g/mol. The van der Waals surface area contributed by atoms with Gasteiger partial charge < -0.3 is 15.2 Å². The Morgan fingerprint density at radius 1 is 1.43 bits per heavy atom. The molecule has 0 aromatic heterocycles. The van der Waals surface area contributed by atoms with Gasteiger partial charge in [0.15, 0.2) is 0 Å². The van der Waals surface area contributed by atoms with Gasteiger partial charge in [-0.1, -0.05) is 30.3 Å². The van der Waals surface area contributed by atoms with E-state index in [1.54, 1.807) is 18.2 Å². The SMILES string of the molecule is COC(=O)[C@@H]1[C@H](c2ccccc2)NC(=O)N(C)[C@]1(O)C(F)(F)Cl. The van der Waals surface area contributed by atoms with E-state index in [1.165, 1.54) is 12.1 Å². The first-order valence-corrected chi connectivity index (χ1v) is 6.98. The Kier molecular flexibility index (Phi) is 4.50. The van der Waals surface area contributed by atoms with Gasteiger partial charge in [0, 0.05) is 7.05 Å². The van der Waals surface area contributed by atoms with Crippen LogP contribution in [-0.4, -0.2) is 47.3 Å². The number of nitrogens with one attached hydrogen (secondary N) is 1. The average molecular weight is 349 g/mol. The highest BCUT2D eigenvalue weighted by Crippen LogP contribution is 2.47. The first-order chi connectivity index (χ1) is 10.6. The number of alkyl halides is 3. The molecule has 1 saturated heterocycles. The fraction of sp³-hybridized carbons (Fsp3) is 0.429. The standard InChI is InChI=1S/C14H15ClF2N2O4/c1-19-12(21)18-10(8-6-4-3-5-7-8)9(11(20)23-2)13(19,22)14(15,16)17/h3-7,9-10,22H,1-2H3,(H,18,21)/t9-,10-,13+/m0/s1. The number of hydrogen-bond donors (Lipinski definition) is 2. The molecular formula is C14H15ClF2N2O4. The summed E-state index contributed by atoms with van der Waals surface area (Å²) in [4.78, 5) is 24.4. The van der Waals surface area contributed by atoms with E-state index in [4.69, 9.17) is 11.6 Å². The van der Waals surface area contributed by atoms with Gasteiger partial charge in [-0.15, -0.1) is 0 Å². The Hall–Kier alpha value is -1.93. The molecule has 1 aliphatic heterocycles. The van der Waals surface area contributed by atoms with Crippen molar-refractivity contribution < 1.29 is 28.2 Å². The van der Waals surface area contributed by atoms with E-state index in [9.17, 15) is 23.5 Å². The predicted octanol–water partition coefficient (Wildman–Crippen LogP) is 1.69. The molecule has 6 nitrogen and oxygen atoms in total. The summed E-state index contributed by atoms with van der Waals surface area (Å²) in [6.07, 6.45) is 0. The second-order valence-corrected chi connectivity index (χ2v) is 5.60. The van der Waals surface area contributed by atoms with Gasteiger partial charge >= 0.3 is 17.4 Å². The van der Waals surface area contributed by atoms with Crippen molar-refractivity contribution in [1.29, 1.82) is 0 Å². The number of esters is 1. The van der Waals surface area contributed by atoms with Crippen molar-refractivity contribution in [2.24, 2.45) is 5.92 Å². The van der Waals surface area contributed by atoms with Crippen LogP contribution in [0.3, 0.4) is 0 Å². The van der Waals surface area contributed by atoms with E-state index in [0.717, 1.165) is 14.2 Å². The largest absolute Gasteiger partial charge is 0.469 e. The van der Waals surface area contributed by atoms with E-state index in [-0.39, 0.29) is 0 Å². The molecule has 126 valence electrons. The Labute approximate surface area is 136 Å². The molecule has 0 bridgehead atoms. The predicted molar refractivity (Wildman–Crippen MR) is 76.7 cm³/mol. The highest BCUT2D eigenvalue weighted by atomic mass is 35.5. The topological polar surface area (TPSA) is 78.9 Å². The van der Waals surface area contributed by atoms with E-state index in [1.807, 2.05) is 0 Å². The molecule has 0 spiro atoms. The molecule has 23 heavy (non-hydrogen) atoms. The van der Waals surface area contributed by atoms with E-state index >= 15 is 0 Å². The molecule has 0 saturated carbocycles. The Morgan fingerprint density at radius 3 is 2.48 bits per heavy atom. The van der Waals surface area contributed by atoms with Crippen molar-refractivity contribution in [3.05, 3.63) is 35.9 Å². The number of carbonyl (C=O) groups is 2. The number of urea groups is 1. The zero-order valence-corrected chi connectivity index (χ0v) is 13.1. The van der Waals surface area contributed by atoms with Gasteiger partial charge in [0.2, 0.25) is 5.72 Å². The summed E-state index contributed by atoms with van der Waals surface area (Å²) in [6.45, 7) is 0. The Morgan fingerprint density at radius 2 is 2.00 bits per heavy atom. The third kappa shape index (κ3) is 2.72. The van der Waals surface area contributed by atoms with E-state index in [0.29, 0.717) is 10.5 Å². The van der Waals surface area contributed by atoms with Crippen LogP contribution in [0, 0.1) is 5.92 Å². The maximum atomic E-state index is 13.9. The van der Waals surface area contributed by atoms with Gasteiger partial charge in [-0.25, -0.2) is 4.79 Å². The minimum atomic E-state index is -4.29. The molecule has 3 atom stereocenters. The summed E-state index contributed by atoms with van der Waals surface area (Å²) >= 11 is 5.05. The molecule has 0 unspecified atom stereocenters. The van der Waals surface area contributed by atoms with Crippen LogP contribution in [0.5, 0.6) is 0 Å². The van der Waals surface area contributed by atoms with Gasteiger partial charge in [0.25, 0.3) is 0 Å². The van der Waals surface area contributed by atoms with Crippen LogP contribution in [0.4, 0.5) is 13.6 Å². The molecular weight excluding hydrogens is 334 g/mol. The molecule has 1 aliphatic rings. The van der Waals surface area contributed by atoms with Crippen LogP contribution >= 0.6 is 11.6 Å². The number of nitrogens with zero attached hydrogens (tertiary/aromatic N) is 1. The highest BCUT2D eigenvalue weighted by Gasteiger charge is 2.68. The molecule has 0 radical (unpaired) electrons. The molecule has 0 aliphatic carbocycles. The summed E-state index contributed by atoms with van der Waals surface area (Å²) in [5.74, 6) is -2.97. The number of amides is 2. The van der Waals surface area contributed by atoms with Crippen molar-refractivity contribution in [3.63, 3.8) is 0 Å². The number of halogens is 3. The summed E-state index contributed by atoms with van der Waals surface area (Å²) in [6, 6.07) is 5.70. The zero-order valence-electron chi connectivity index (χ0n) is 12.3. The summed E-state index contributed by atoms with van der Waals surface area (Å²) in [5, 5.41) is 8.64. The van der Waals surface area contributed by atoms with E-state index in [2.05, 4.69) is 10.1 Å². The number of ether oxygens (including phenoxy) is 1. The van der Waals surface area contributed by atoms with E-state index < -0.39 is 35.1 Å². The highest BCUT2D eigenvalue weighted by molar-refractivity contribution is 6.22. The van der Waals surface area contributed by atoms with Crippen molar-refractivity contribution in [3.8, 4) is 0 Å². The third-order valence-corrected chi connectivity index (χ3v) is 4.17. The number of benzene rings is 1. The van der Waals surface area contributed by atoms with Crippen molar-refractivity contribution in [2.75, 3.05) is 14.2 Å². The Bertz CT molecular complexity index is 611. The number of aliphatic hydroxyl groups is 1. The molecule has 2 amide bonds. The maximum absolute atomic E-state index is 13.9. The molecule has 9 heteroatoms. The lowest BCUT2D eigenvalue weighted by atomic mass is 9.81. The normalized spacial score (nSPS) is 28.3. The van der Waals surface area contributed by atoms with Crippen LogP contribution in [0.1, 0.15) is 11.6 Å². The number of rotatable bonds is 3. The first kappa shape index (κ1) is 17.4. The van der Waals surface area contributed by atoms with Crippen molar-refractivity contribution >= 4 is 23.6 Å². The minimum Gasteiger partial charge on any atom is -0.469 e. The minimum absolute atomic E-state index is 0.307. The fourth-order valence-corrected chi connectivity index (χ4v) is 2.88. The second kappa shape index (κ2) is 5.93. The molecule has 2 rings (SSSR count). The van der Waals surface area contributed by atoms with Gasteiger partial charge in [0.05, 0.1) is 13.2 Å². The average Bonchev–Trinajstić information content (AvgIpc) is 2.51. The third-order valence-electron chi connectivity index (χ3n) is 3.89. The van der Waals surface area contributed by atoms with Gasteiger partial charge in [-0.05, 0) is 17.2 Å². The van der Waals surface area contributed by atoms with Crippen LogP contribution in [0.15, 0.2) is 30.3 Å². The van der Waals surface area contributed by atoms with Crippen molar-refractivity contribution in [2.45, 2.75) is 17.1 Å². The van der Waals surface area contributed by atoms with Gasteiger partial charge in [-0.2, -0.15) is 8.78 Å². The van der Waals surface area contributed by atoms with Crippen LogP contribution in [-0.2, 0) is 9.53 Å². The van der Waals surface area contributed by atoms with Crippen molar-refractivity contribution in [1.82, 2.24) is 10.2 Å². The number of carbonyl (C=O) groups excluding carboxylic acids is 2. The molecule has 1 aromatic rings. The lowest BCUT2D eigenvalue weighted by Gasteiger charge is -2.49. The summed E-state index contributed by atoms with van der Waals surface area (Å²) in [7, 11) is 1.91. The molecule has 1 aromatic carbocycles. The fourth-order valence-electron chi connectivity index (χ4n) is 2.64. The number of hydrogen-bond acceptors (Lipinski definition) is 4. The Balaban J connectivity index is 2.63. The molecule has 2 N–H and O–H groups in total. The maximum Gasteiger partial charge on any atom is 0.369 e. The van der Waals surface area contributed by atoms with Crippen LogP contribution in [0.25, 0.3) is 0 Å². The summed E-state index contributed by atoms with van der Waals surface area (Å²) in [5.41, 5.74) is -2.91. The van der Waals surface area contributed by atoms with Gasteiger partial charge in [0.1, 0.15) is 5.92 Å². The molecule has 1 fully saturated rings. The smallest absolute Gasteiger partial charge is 0.369 e. The second-order valence-electron chi connectivity index (χ2n) is 5.12. The van der Waals surface area contributed by atoms with Crippen LogP contribution in [0.2, 0.25) is 0 Å². The van der Waals surface area contributed by atoms with Crippen LogP contribution < -0.4 is 5.32 Å². The first-order valence-electron chi connectivity index (χ1n) is 6.60. The number of methoxy groups -OCH3 is 1. The quantitative estimate of drug-likeness (QED) is 0.643. The molecule has 1 heterocycles.